The van der Waals surface area contributed by atoms with E-state index in [1.807, 2.05) is 43.4 Å². The Morgan fingerprint density at radius 2 is 1.65 bits per heavy atom. The number of rotatable bonds is 14. The molecule has 1 fully saturated rings. The van der Waals surface area contributed by atoms with Crippen molar-refractivity contribution in [1.29, 1.82) is 0 Å². The van der Waals surface area contributed by atoms with Crippen molar-refractivity contribution in [3.63, 3.8) is 0 Å². The summed E-state index contributed by atoms with van der Waals surface area (Å²) in [5, 5.41) is 10.7. The van der Waals surface area contributed by atoms with Crippen molar-refractivity contribution in [3.8, 4) is 11.3 Å². The zero-order valence-electron chi connectivity index (χ0n) is 33.2. The number of imidazole rings is 1. The summed E-state index contributed by atoms with van der Waals surface area (Å²) in [5.74, 6) is -0.206. The molecule has 2 aromatic carbocycles. The number of nitrogens with two attached hydrogens (primary N) is 1. The molecule has 7 rings (SSSR count). The number of hydrogen-bond donors (Lipinski definition) is 3. The second-order valence-corrected chi connectivity index (χ2v) is 14.8. The number of aromatic nitrogens is 4. The van der Waals surface area contributed by atoms with Crippen LogP contribution in [0.4, 0.5) is 22.9 Å². The Morgan fingerprint density at radius 1 is 0.930 bits per heavy atom. The second-order valence-electron chi connectivity index (χ2n) is 14.4. The van der Waals surface area contributed by atoms with Crippen LogP contribution in [0.25, 0.3) is 16.9 Å². The molecule has 14 nitrogen and oxygen atoms in total. The van der Waals surface area contributed by atoms with Gasteiger partial charge in [0.25, 0.3) is 5.91 Å². The van der Waals surface area contributed by atoms with E-state index in [0.29, 0.717) is 29.4 Å². The lowest BCUT2D eigenvalue weighted by Crippen LogP contribution is -2.45. The summed E-state index contributed by atoms with van der Waals surface area (Å²) in [7, 11) is 3.71. The molecule has 2 aliphatic heterocycles. The summed E-state index contributed by atoms with van der Waals surface area (Å²) in [4.78, 5) is 52.6. The SMILES string of the molecule is CCCC.CNc1cc(N2CCc3c(-c4ccc(CN5CCN(Cc6ccc(Cl)c(N(C)CCC(=O)NC=O)c6)CC5)cn4)cccc32)nn2c(C(N)=O)cnc12. The van der Waals surface area contributed by atoms with Gasteiger partial charge in [0.1, 0.15) is 5.69 Å². The number of pyridine rings is 1. The van der Waals surface area contributed by atoms with E-state index >= 15 is 0 Å². The van der Waals surface area contributed by atoms with Crippen LogP contribution in [0.15, 0.2) is 67.0 Å². The summed E-state index contributed by atoms with van der Waals surface area (Å²) in [5.41, 5.74) is 14.6. The minimum atomic E-state index is -0.585. The van der Waals surface area contributed by atoms with Gasteiger partial charge in [0, 0.05) is 96.4 Å². The van der Waals surface area contributed by atoms with E-state index in [1.54, 1.807) is 0 Å². The molecule has 5 heterocycles. The summed E-state index contributed by atoms with van der Waals surface area (Å²) in [6.07, 6.45) is 7.51. The van der Waals surface area contributed by atoms with E-state index in [4.69, 9.17) is 27.4 Å². The highest BCUT2D eigenvalue weighted by Gasteiger charge is 2.27. The minimum absolute atomic E-state index is 0.201. The van der Waals surface area contributed by atoms with Gasteiger partial charge in [-0.15, -0.1) is 5.10 Å². The highest BCUT2D eigenvalue weighted by molar-refractivity contribution is 6.33. The highest BCUT2D eigenvalue weighted by Crippen LogP contribution is 2.40. The molecule has 0 atom stereocenters. The Bertz CT molecular complexity index is 2180. The van der Waals surface area contributed by atoms with Gasteiger partial charge in [-0.2, -0.15) is 0 Å². The Balaban J connectivity index is 0.00000131. The topological polar surface area (TPSA) is 157 Å². The van der Waals surface area contributed by atoms with E-state index in [9.17, 15) is 14.4 Å². The third-order valence-corrected chi connectivity index (χ3v) is 10.8. The predicted octanol–water partition coefficient (Wildman–Crippen LogP) is 5.50. The molecule has 0 spiro atoms. The number of hydrogen-bond acceptors (Lipinski definition) is 11. The van der Waals surface area contributed by atoms with Crippen LogP contribution in [0.5, 0.6) is 0 Å². The van der Waals surface area contributed by atoms with Gasteiger partial charge < -0.3 is 20.9 Å². The van der Waals surface area contributed by atoms with E-state index in [-0.39, 0.29) is 18.0 Å². The van der Waals surface area contributed by atoms with Gasteiger partial charge >= 0.3 is 0 Å². The summed E-state index contributed by atoms with van der Waals surface area (Å²) in [6, 6.07) is 18.5. The maximum Gasteiger partial charge on any atom is 0.269 e. The van der Waals surface area contributed by atoms with Gasteiger partial charge in [-0.1, -0.05) is 62.6 Å². The number of piperazine rings is 1. The number of fused-ring (bicyclic) bond motifs is 2. The molecule has 4 N–H and O–H groups in total. The van der Waals surface area contributed by atoms with E-state index in [0.717, 1.165) is 86.1 Å². The van der Waals surface area contributed by atoms with Crippen molar-refractivity contribution in [1.82, 2.24) is 34.7 Å². The molecule has 5 aromatic rings. The molecule has 0 unspecified atom stereocenters. The Hall–Kier alpha value is -5.57. The summed E-state index contributed by atoms with van der Waals surface area (Å²) >= 11 is 6.49. The van der Waals surface area contributed by atoms with Crippen LogP contribution in [-0.4, -0.2) is 101 Å². The molecule has 1 saturated heterocycles. The number of nitrogens with zero attached hydrogens (tertiary/aromatic N) is 8. The minimum Gasteiger partial charge on any atom is -0.385 e. The zero-order chi connectivity index (χ0) is 40.5. The number of benzene rings is 2. The quantitative estimate of drug-likeness (QED) is 0.122. The van der Waals surface area contributed by atoms with Gasteiger partial charge in [-0.25, -0.2) is 9.50 Å². The maximum atomic E-state index is 12.1. The smallest absolute Gasteiger partial charge is 0.269 e. The number of nitrogens with one attached hydrogen (secondary N) is 2. The molecule has 57 heavy (non-hydrogen) atoms. The number of anilines is 4. The number of carbonyl (C=O) groups excluding carboxylic acids is 3. The van der Waals surface area contributed by atoms with Crippen LogP contribution in [0.2, 0.25) is 5.02 Å². The first kappa shape index (κ1) is 41.1. The molecule has 0 aliphatic carbocycles. The van der Waals surface area contributed by atoms with E-state index in [2.05, 4.69) is 80.6 Å². The van der Waals surface area contributed by atoms with Crippen LogP contribution in [0.3, 0.4) is 0 Å². The van der Waals surface area contributed by atoms with Gasteiger partial charge in [0.2, 0.25) is 12.3 Å². The number of halogens is 1. The number of amides is 3. The number of carbonyl (C=O) groups is 3. The second kappa shape index (κ2) is 19.0. The van der Waals surface area contributed by atoms with Crippen LogP contribution in [0.1, 0.15) is 60.3 Å². The molecule has 3 aromatic heterocycles. The lowest BCUT2D eigenvalue weighted by Gasteiger charge is -2.35. The molecule has 0 saturated carbocycles. The van der Waals surface area contributed by atoms with Crippen molar-refractivity contribution in [2.24, 2.45) is 5.73 Å². The number of unbranched alkanes of at least 4 members (excludes halogenated alkanes) is 1. The van der Waals surface area contributed by atoms with Crippen LogP contribution in [-0.2, 0) is 29.1 Å². The lowest BCUT2D eigenvalue weighted by atomic mass is 10.0. The average Bonchev–Trinajstić information content (AvgIpc) is 3.87. The number of imide groups is 1. The van der Waals surface area contributed by atoms with E-state index < -0.39 is 5.91 Å². The fourth-order valence-electron chi connectivity index (χ4n) is 7.13. The molecule has 0 radical (unpaired) electrons. The molecule has 0 bridgehead atoms. The lowest BCUT2D eigenvalue weighted by molar-refractivity contribution is -0.125. The van der Waals surface area contributed by atoms with Crippen molar-refractivity contribution in [3.05, 3.63) is 94.4 Å². The Labute approximate surface area is 339 Å². The third-order valence-electron chi connectivity index (χ3n) is 10.5. The Morgan fingerprint density at radius 3 is 2.30 bits per heavy atom. The van der Waals surface area contributed by atoms with Gasteiger partial charge in [-0.05, 0) is 47.4 Å². The summed E-state index contributed by atoms with van der Waals surface area (Å²) < 4.78 is 1.51. The predicted molar refractivity (Wildman–Crippen MR) is 226 cm³/mol. The average molecular weight is 794 g/mol. The monoisotopic (exact) mass is 793 g/mol. The molecule has 3 amide bonds. The first-order valence-electron chi connectivity index (χ1n) is 19.5. The first-order chi connectivity index (χ1) is 27.6. The van der Waals surface area contributed by atoms with E-state index in [1.165, 1.54) is 34.7 Å². The fraction of sp³-hybridized carbons (Fsp3) is 0.381. The molecular weight excluding hydrogens is 742 g/mol. The first-order valence-corrected chi connectivity index (χ1v) is 19.9. The van der Waals surface area contributed by atoms with Crippen molar-refractivity contribution in [2.75, 3.05) is 68.5 Å². The third kappa shape index (κ3) is 9.70. The molecular formula is C42H52ClN11O3. The number of primary amides is 1. The molecule has 2 aliphatic rings. The largest absolute Gasteiger partial charge is 0.385 e. The molecule has 15 heteroatoms. The summed E-state index contributed by atoms with van der Waals surface area (Å²) in [6.45, 7) is 11.0. The van der Waals surface area contributed by atoms with Crippen molar-refractivity contribution >= 4 is 58.4 Å². The van der Waals surface area contributed by atoms with Crippen LogP contribution >= 0.6 is 11.6 Å². The fourth-order valence-corrected chi connectivity index (χ4v) is 7.39. The maximum absolute atomic E-state index is 12.1. The van der Waals surface area contributed by atoms with Crippen LogP contribution in [0, 0.1) is 0 Å². The van der Waals surface area contributed by atoms with Crippen LogP contribution < -0.4 is 26.2 Å². The van der Waals surface area contributed by atoms with Gasteiger partial charge in [0.05, 0.1) is 28.3 Å². The van der Waals surface area contributed by atoms with Gasteiger partial charge in [0.15, 0.2) is 11.5 Å². The zero-order valence-corrected chi connectivity index (χ0v) is 33.9. The standard InChI is InChI=1S/C38H42ClN11O3.C4H10/c1-41-31-19-35(45-50-34(37(40)53)21-43-38(31)50)49-13-10-28-27(4-3-5-32(28)49)30-9-7-26(20-42-30)23-48-16-14-47(15-17-48)22-25-6-8-29(39)33(18-25)46(2)12-11-36(52)44-24-51;1-3-4-2/h3-9,18-21,24,41H,10-17,22-23H2,1-2H3,(H2,40,53)(H,44,51,52);3-4H2,1-2H3. The highest BCUT2D eigenvalue weighted by atomic mass is 35.5. The Kier molecular flexibility index (Phi) is 13.7. The molecule has 300 valence electrons. The normalized spacial score (nSPS) is 14.2. The van der Waals surface area contributed by atoms with Gasteiger partial charge in [-0.3, -0.25) is 34.5 Å². The van der Waals surface area contributed by atoms with Crippen molar-refractivity contribution < 1.29 is 14.4 Å². The van der Waals surface area contributed by atoms with Crippen molar-refractivity contribution in [2.45, 2.75) is 52.6 Å².